The number of rotatable bonds is 26. The fraction of sp³-hybridized carbons (Fsp3) is 0.528. The number of amides is 18. The lowest BCUT2D eigenvalue weighted by Gasteiger charge is -2.36. The van der Waals surface area contributed by atoms with Crippen LogP contribution in [0, 0.1) is 11.8 Å². The minimum absolute atomic E-state index is 0.0127. The zero-order valence-corrected chi connectivity index (χ0v) is 76.7. The number of aliphatic hydroxyl groups excluding tert-OH is 2. The lowest BCUT2D eigenvalue weighted by atomic mass is 9.57. The number of unbranched alkanes of at least 4 members (excludes halogenated alkanes) is 2. The number of nitrogens with two attached hydrogens (primary N) is 3. The van der Waals surface area contributed by atoms with Gasteiger partial charge in [-0.3, -0.25) is 86.3 Å². The molecule has 18 amide bonds. The molecule has 5 heterocycles. The Bertz CT molecular complexity index is 4990. The van der Waals surface area contributed by atoms with Crippen molar-refractivity contribution in [2.45, 2.75) is 216 Å². The normalized spacial score (nSPS) is 24.5. The van der Waals surface area contributed by atoms with Crippen LogP contribution in [0.25, 0.3) is 21.8 Å². The number of hydrogen-bond donors (Lipinski definition) is 17. The van der Waals surface area contributed by atoms with E-state index in [4.69, 9.17) is 21.9 Å². The molecule has 3 aliphatic heterocycles. The van der Waals surface area contributed by atoms with Gasteiger partial charge >= 0.3 is 6.85 Å². The van der Waals surface area contributed by atoms with Gasteiger partial charge in [0.15, 0.2) is 0 Å². The number of ether oxygens (including phenoxy) is 1. The van der Waals surface area contributed by atoms with Crippen molar-refractivity contribution in [2.24, 2.45) is 29.0 Å². The highest BCUT2D eigenvalue weighted by atomic mass is 32.2. The topological polar surface area (TPSA) is 603 Å². The van der Waals surface area contributed by atoms with Crippen molar-refractivity contribution in [1.29, 1.82) is 0 Å². The molecular formula is C89H125BN20O21S. The molecule has 0 saturated carbocycles. The number of primary amides is 3. The Kier molecular flexibility index (Phi) is 39.5. The van der Waals surface area contributed by atoms with E-state index in [1.165, 1.54) is 46.2 Å². The van der Waals surface area contributed by atoms with E-state index in [1.807, 2.05) is 13.8 Å². The average Bonchev–Trinajstić information content (AvgIpc) is 1.27. The van der Waals surface area contributed by atoms with Crippen molar-refractivity contribution in [2.75, 3.05) is 72.6 Å². The van der Waals surface area contributed by atoms with E-state index < -0.39 is 248 Å². The van der Waals surface area contributed by atoms with E-state index in [-0.39, 0.29) is 76.7 Å². The van der Waals surface area contributed by atoms with Crippen molar-refractivity contribution in [3.63, 3.8) is 0 Å². The molecule has 3 unspecified atom stereocenters. The van der Waals surface area contributed by atoms with Gasteiger partial charge in [0.1, 0.15) is 84.3 Å². The molecule has 43 heteroatoms. The maximum Gasteiger partial charge on any atom is 0.364 e. The first-order chi connectivity index (χ1) is 62.8. The van der Waals surface area contributed by atoms with Gasteiger partial charge in [-0.15, -0.1) is 18.3 Å². The van der Waals surface area contributed by atoms with Crippen LogP contribution in [-0.4, -0.2) is 309 Å². The van der Waals surface area contributed by atoms with Gasteiger partial charge in [0.2, 0.25) is 106 Å². The van der Waals surface area contributed by atoms with Crippen LogP contribution in [0.1, 0.15) is 128 Å². The molecule has 0 spiro atoms. The molecule has 716 valence electrons. The summed E-state index contributed by atoms with van der Waals surface area (Å²) in [6.07, 6.45) is 3.64. The number of aromatic amines is 2. The maximum atomic E-state index is 15.7. The van der Waals surface area contributed by atoms with Crippen LogP contribution >= 0.6 is 11.8 Å². The third-order valence-electron chi connectivity index (χ3n) is 23.8. The highest BCUT2D eigenvalue weighted by Crippen LogP contribution is 2.29. The van der Waals surface area contributed by atoms with E-state index in [2.05, 4.69) is 69.7 Å². The summed E-state index contributed by atoms with van der Waals surface area (Å²) in [5, 5.41) is 49.3. The van der Waals surface area contributed by atoms with Gasteiger partial charge in [-0.25, -0.2) is 0 Å². The smallest absolute Gasteiger partial charge is 0.364 e. The molecule has 3 fully saturated rings. The summed E-state index contributed by atoms with van der Waals surface area (Å²) in [6, 6.07) is -0.181. The van der Waals surface area contributed by atoms with Crippen molar-refractivity contribution in [1.82, 2.24) is 87.5 Å². The number of nitrogens with one attached hydrogen (secondary N) is 12. The van der Waals surface area contributed by atoms with Gasteiger partial charge in [-0.2, -0.15) is 0 Å². The minimum Gasteiger partial charge on any atom is -0.497 e. The van der Waals surface area contributed by atoms with Gasteiger partial charge in [-0.05, 0) is 105 Å². The van der Waals surface area contributed by atoms with Gasteiger partial charge in [0, 0.05) is 99.9 Å². The number of fused-ring (bicyclic) bond motifs is 4. The summed E-state index contributed by atoms with van der Waals surface area (Å²) in [5.41, 5.74) is 19.5. The molecule has 14 atom stereocenters. The van der Waals surface area contributed by atoms with Gasteiger partial charge in [0.25, 0.3) is 0 Å². The summed E-state index contributed by atoms with van der Waals surface area (Å²) in [7, 11) is 5.39. The molecule has 0 aliphatic carbocycles. The second-order valence-electron chi connectivity index (χ2n) is 33.9. The van der Waals surface area contributed by atoms with Crippen LogP contribution in [-0.2, 0) is 101 Å². The number of H-pyrrole nitrogens is 2. The van der Waals surface area contributed by atoms with E-state index >= 15 is 33.6 Å². The van der Waals surface area contributed by atoms with Crippen molar-refractivity contribution < 1.29 is 101 Å². The number of likely N-dealkylation sites (N-methyl/N-ethyl adjacent to an activating group) is 3. The first-order valence-corrected chi connectivity index (χ1v) is 45.4. The number of aliphatic hydroxyl groups is 2. The van der Waals surface area contributed by atoms with Crippen LogP contribution in [0.2, 0.25) is 6.32 Å². The monoisotopic (exact) mass is 1850 g/mol. The van der Waals surface area contributed by atoms with E-state index in [0.29, 0.717) is 69.9 Å². The minimum atomic E-state index is -1.90. The molecule has 0 bridgehead atoms. The van der Waals surface area contributed by atoms with Crippen molar-refractivity contribution >= 4 is 147 Å². The third kappa shape index (κ3) is 28.5. The third-order valence-corrected chi connectivity index (χ3v) is 24.9. The van der Waals surface area contributed by atoms with E-state index in [9.17, 15) is 63.0 Å². The van der Waals surface area contributed by atoms with E-state index in [1.54, 1.807) is 99.0 Å². The van der Waals surface area contributed by atoms with E-state index in [0.717, 1.165) is 31.3 Å². The zero-order valence-electron chi connectivity index (χ0n) is 75.9. The number of thioether (sulfide) groups is 1. The number of carbonyl (C=O) groups excluding carboxylic acids is 18. The van der Waals surface area contributed by atoms with Crippen LogP contribution in [0.3, 0.4) is 0 Å². The average molecular weight is 1850 g/mol. The Labute approximate surface area is 769 Å². The number of hydrogen-bond acceptors (Lipinski definition) is 22. The number of carbonyl (C=O) groups is 18. The number of nitrogens with zero attached hydrogens (tertiary/aromatic N) is 5. The molecule has 2 aromatic heterocycles. The number of aromatic nitrogens is 2. The summed E-state index contributed by atoms with van der Waals surface area (Å²) >= 11 is 0.802. The SMILES string of the molecule is C=C[C@@H]1CB2C(=O)N[C@@H](Cc3c[nH]c4ccccc34)C(=O)NC(CO)C(=O)N[C@@H](Cc3c[nH]c4ccccc34)C(=O)N(C)[C@@H](CCCC)C(=O)N(C)[C@@H](CCCC)C(=O)N[C@@H](CC(C)C)C(=O)N[C@H](C(=O)NCC(N)=O)CSCC(=O)N[C@@H](Cc3ccc(OC)cc3)C(=O)N(C)[C@@H](C)C(=O)N[C@@H](CC(N)=O)C(=O)N3CCCC3C(=O)NC(CO)C(=O)N[C@@H](CCC(N)=O)C(=O)N2C1. The lowest BCUT2D eigenvalue weighted by molar-refractivity contribution is -0.149. The molecular weight excluding hydrogens is 1730 g/mol. The molecule has 3 aliphatic rings. The maximum absolute atomic E-state index is 15.7. The second kappa shape index (κ2) is 49.9. The molecule has 132 heavy (non-hydrogen) atoms. The summed E-state index contributed by atoms with van der Waals surface area (Å²) in [4.78, 5) is 273. The Balaban J connectivity index is 1.19. The standard InChI is InChI=1S/C89H125BN20O21S/c1-11-14-25-69-82(123)99-61(35-49(4)5)78(119)104-68(77(118)96-43-74(93)115)47-132-48-75(116)97-63(36-52-28-30-55(131-10)31-29-52)84(125)106(7)50(6)76(117)100-65(39-73(92)114)86(127)109-34-20-27-70(109)83(124)103-67(46-112)80(121)98-60(32-33-72(91)113)87(128)110-44-51(13-3)40-90(110)89(130)105-62(37-53-41-94-58-23-18-16-21-56(53)58)79(120)102-66(45-111)81(122)101-64(38-54-42-95-59-24-19-17-22-57(54)59)85(126)108(9)71(26-15-12-2)88(129)107(69)8/h13,16-19,21-24,28-31,41-42,49-51,60-71,94-95,111-112H,3,11-12,14-15,20,25-27,32-40,43-48H2,1-2,4-10H3,(H2,91,113)(H2,92,114)(H2,93,115)(H,96,118)(H,97,116)(H,98,121)(H,99,123)(H,100,117)(H,101,122)(H,102,120)(H,103,124)(H,104,119)(H,105,130)/t50-,51+,60-,61-,62-,63-,64-,65-,66?,67?,68-,69-,70?,71-/m0/s1. The van der Waals surface area contributed by atoms with Gasteiger partial charge < -0.3 is 120 Å². The van der Waals surface area contributed by atoms with Gasteiger partial charge in [0.05, 0.1) is 39.0 Å². The van der Waals surface area contributed by atoms with Crippen LogP contribution in [0.15, 0.2) is 97.8 Å². The van der Waals surface area contributed by atoms with Crippen molar-refractivity contribution in [3.8, 4) is 5.75 Å². The molecule has 5 aromatic rings. The molecule has 8 rings (SSSR count). The van der Waals surface area contributed by atoms with Crippen molar-refractivity contribution in [3.05, 3.63) is 115 Å². The fourth-order valence-corrected chi connectivity index (χ4v) is 17.1. The number of benzene rings is 3. The molecule has 3 saturated heterocycles. The molecule has 41 nitrogen and oxygen atoms in total. The largest absolute Gasteiger partial charge is 0.497 e. The van der Waals surface area contributed by atoms with Gasteiger partial charge in [-0.1, -0.05) is 108 Å². The Morgan fingerprint density at radius 1 is 0.576 bits per heavy atom. The zero-order chi connectivity index (χ0) is 96.9. The highest BCUT2D eigenvalue weighted by Gasteiger charge is 2.48. The number of methoxy groups -OCH3 is 1. The summed E-state index contributed by atoms with van der Waals surface area (Å²) in [5.74, 6) is -18.7. The Morgan fingerprint density at radius 2 is 1.11 bits per heavy atom. The van der Waals surface area contributed by atoms with Crippen LogP contribution < -0.4 is 75.1 Å². The Hall–Kier alpha value is -12.9. The quantitative estimate of drug-likeness (QED) is 0.0216. The first-order valence-electron chi connectivity index (χ1n) is 44.3. The summed E-state index contributed by atoms with van der Waals surface area (Å²) in [6.45, 7) is 7.58. The molecule has 20 N–H and O–H groups in total. The highest BCUT2D eigenvalue weighted by molar-refractivity contribution is 8.00. The first kappa shape index (κ1) is 104. The lowest BCUT2D eigenvalue weighted by Crippen LogP contribution is -2.62. The predicted molar refractivity (Wildman–Crippen MR) is 489 cm³/mol. The van der Waals surface area contributed by atoms with Crippen LogP contribution in [0.4, 0.5) is 4.79 Å². The molecule has 0 radical (unpaired) electrons. The molecule has 3 aromatic carbocycles. The van der Waals surface area contributed by atoms with Crippen LogP contribution in [0.5, 0.6) is 5.75 Å². The Morgan fingerprint density at radius 3 is 1.67 bits per heavy atom. The second-order valence-corrected chi connectivity index (χ2v) is 35.0. The predicted octanol–water partition coefficient (Wildman–Crippen LogP) is -1.75. The summed E-state index contributed by atoms with van der Waals surface area (Å²) < 4.78 is 5.33. The number of para-hydroxylation sites is 2. The fourth-order valence-electron chi connectivity index (χ4n) is 16.3.